The lowest BCUT2D eigenvalue weighted by atomic mass is 10.1. The maximum absolute atomic E-state index is 13.5. The van der Waals surface area contributed by atoms with Gasteiger partial charge in [-0.05, 0) is 31.2 Å². The van der Waals surface area contributed by atoms with Gasteiger partial charge in [0, 0.05) is 18.7 Å². The summed E-state index contributed by atoms with van der Waals surface area (Å²) in [6.07, 6.45) is 0. The summed E-state index contributed by atoms with van der Waals surface area (Å²) in [7, 11) is 1.54. The van der Waals surface area contributed by atoms with E-state index >= 15 is 0 Å². The van der Waals surface area contributed by atoms with E-state index in [4.69, 9.17) is 9.47 Å². The summed E-state index contributed by atoms with van der Waals surface area (Å²) in [5.41, 5.74) is -0.109. The molecule has 26 heavy (non-hydrogen) atoms. The van der Waals surface area contributed by atoms with Crippen LogP contribution in [0, 0.1) is 15.9 Å². The standard InChI is InChI=1S/C18H19FN2O5/c1-3-25-17-9-8-13(12-15(17)21(23)24)18(22)20(2)10-11-26-16-7-5-4-6-14(16)19/h4-9,12H,3,10-11H2,1-2H3. The number of halogens is 1. The van der Waals surface area contributed by atoms with Gasteiger partial charge in [0.15, 0.2) is 17.3 Å². The molecule has 0 atom stereocenters. The molecule has 0 unspecified atom stereocenters. The van der Waals surface area contributed by atoms with Crippen molar-refractivity contribution in [3.63, 3.8) is 0 Å². The average Bonchev–Trinajstić information content (AvgIpc) is 2.63. The van der Waals surface area contributed by atoms with E-state index in [1.165, 1.54) is 42.3 Å². The second-order valence-electron chi connectivity index (χ2n) is 5.38. The number of hydrogen-bond donors (Lipinski definition) is 0. The summed E-state index contributed by atoms with van der Waals surface area (Å²) in [5.74, 6) is -0.679. The highest BCUT2D eigenvalue weighted by Crippen LogP contribution is 2.28. The maximum Gasteiger partial charge on any atom is 0.311 e. The molecule has 2 aromatic carbocycles. The van der Waals surface area contributed by atoms with Gasteiger partial charge >= 0.3 is 5.69 Å². The number of nitro groups is 1. The molecule has 0 spiro atoms. The Labute approximate surface area is 150 Å². The Morgan fingerprint density at radius 3 is 2.58 bits per heavy atom. The fourth-order valence-corrected chi connectivity index (χ4v) is 2.25. The molecule has 0 aromatic heterocycles. The first kappa shape index (κ1) is 19.2. The molecule has 0 fully saturated rings. The van der Waals surface area contributed by atoms with Crippen LogP contribution in [-0.4, -0.2) is 42.5 Å². The van der Waals surface area contributed by atoms with Crippen molar-refractivity contribution in [2.45, 2.75) is 6.92 Å². The van der Waals surface area contributed by atoms with Gasteiger partial charge in [-0.2, -0.15) is 0 Å². The topological polar surface area (TPSA) is 81.9 Å². The van der Waals surface area contributed by atoms with Gasteiger partial charge in [0.2, 0.25) is 0 Å². The van der Waals surface area contributed by atoms with E-state index in [-0.39, 0.29) is 42.5 Å². The second-order valence-corrected chi connectivity index (χ2v) is 5.38. The zero-order valence-electron chi connectivity index (χ0n) is 14.5. The Balaban J connectivity index is 2.02. The first-order valence-corrected chi connectivity index (χ1v) is 7.98. The Hall–Kier alpha value is -3.16. The minimum Gasteiger partial charge on any atom is -0.489 e. The van der Waals surface area contributed by atoms with E-state index in [2.05, 4.69) is 0 Å². The molecule has 0 saturated heterocycles. The van der Waals surface area contributed by atoms with Crippen LogP contribution in [0.2, 0.25) is 0 Å². The fourth-order valence-electron chi connectivity index (χ4n) is 2.25. The second kappa shape index (κ2) is 8.80. The van der Waals surface area contributed by atoms with E-state index in [0.717, 1.165) is 0 Å². The lowest BCUT2D eigenvalue weighted by Gasteiger charge is -2.18. The lowest BCUT2D eigenvalue weighted by Crippen LogP contribution is -2.31. The van der Waals surface area contributed by atoms with Crippen LogP contribution in [0.5, 0.6) is 11.5 Å². The van der Waals surface area contributed by atoms with Crippen LogP contribution in [0.1, 0.15) is 17.3 Å². The first-order valence-electron chi connectivity index (χ1n) is 7.98. The van der Waals surface area contributed by atoms with Crippen molar-refractivity contribution in [2.75, 3.05) is 26.8 Å². The number of likely N-dealkylation sites (N-methyl/N-ethyl adjacent to an activating group) is 1. The number of benzene rings is 2. The quantitative estimate of drug-likeness (QED) is 0.532. The number of carbonyl (C=O) groups is 1. The van der Waals surface area contributed by atoms with Crippen molar-refractivity contribution < 1.29 is 23.6 Å². The predicted octanol–water partition coefficient (Wildman–Crippen LogP) is 3.28. The number of hydrogen-bond acceptors (Lipinski definition) is 5. The largest absolute Gasteiger partial charge is 0.489 e. The highest BCUT2D eigenvalue weighted by atomic mass is 19.1. The van der Waals surface area contributed by atoms with Crippen molar-refractivity contribution >= 4 is 11.6 Å². The molecular formula is C18H19FN2O5. The van der Waals surface area contributed by atoms with Crippen LogP contribution in [0.15, 0.2) is 42.5 Å². The molecule has 0 aliphatic heterocycles. The van der Waals surface area contributed by atoms with Crippen LogP contribution in [-0.2, 0) is 0 Å². The molecule has 0 N–H and O–H groups in total. The molecule has 0 bridgehead atoms. The highest BCUT2D eigenvalue weighted by molar-refractivity contribution is 5.95. The molecule has 0 heterocycles. The van der Waals surface area contributed by atoms with Crippen LogP contribution in [0.25, 0.3) is 0 Å². The van der Waals surface area contributed by atoms with Gasteiger partial charge in [-0.1, -0.05) is 12.1 Å². The minimum absolute atomic E-state index is 0.0856. The Morgan fingerprint density at radius 2 is 1.92 bits per heavy atom. The molecule has 0 aliphatic carbocycles. The highest BCUT2D eigenvalue weighted by Gasteiger charge is 2.20. The molecular weight excluding hydrogens is 343 g/mol. The van der Waals surface area contributed by atoms with Crippen molar-refractivity contribution in [1.82, 2.24) is 4.90 Å². The number of carbonyl (C=O) groups excluding carboxylic acids is 1. The molecule has 0 saturated carbocycles. The number of nitrogens with zero attached hydrogens (tertiary/aromatic N) is 2. The number of amides is 1. The van der Waals surface area contributed by atoms with Crippen molar-refractivity contribution in [1.29, 1.82) is 0 Å². The normalized spacial score (nSPS) is 10.3. The van der Waals surface area contributed by atoms with Gasteiger partial charge in [-0.25, -0.2) is 4.39 Å². The van der Waals surface area contributed by atoms with Gasteiger partial charge in [0.25, 0.3) is 5.91 Å². The number of ether oxygens (including phenoxy) is 2. The van der Waals surface area contributed by atoms with E-state index in [0.29, 0.717) is 0 Å². The smallest absolute Gasteiger partial charge is 0.311 e. The third-order valence-corrected chi connectivity index (χ3v) is 3.57. The van der Waals surface area contributed by atoms with Crippen LogP contribution >= 0.6 is 0 Å². The summed E-state index contributed by atoms with van der Waals surface area (Å²) < 4.78 is 24.0. The summed E-state index contributed by atoms with van der Waals surface area (Å²) in [6, 6.07) is 10.0. The lowest BCUT2D eigenvalue weighted by molar-refractivity contribution is -0.385. The molecule has 0 aliphatic rings. The number of para-hydroxylation sites is 1. The summed E-state index contributed by atoms with van der Waals surface area (Å²) in [4.78, 5) is 24.3. The van der Waals surface area contributed by atoms with Crippen molar-refractivity contribution in [3.8, 4) is 11.5 Å². The third kappa shape index (κ3) is 4.69. The zero-order valence-corrected chi connectivity index (χ0v) is 14.5. The predicted molar refractivity (Wildman–Crippen MR) is 93.1 cm³/mol. The van der Waals surface area contributed by atoms with Crippen LogP contribution < -0.4 is 9.47 Å². The molecule has 2 rings (SSSR count). The Morgan fingerprint density at radius 1 is 1.19 bits per heavy atom. The van der Waals surface area contributed by atoms with Gasteiger partial charge < -0.3 is 14.4 Å². The Bertz CT molecular complexity index is 797. The molecule has 0 radical (unpaired) electrons. The van der Waals surface area contributed by atoms with E-state index in [1.54, 1.807) is 19.1 Å². The van der Waals surface area contributed by atoms with Gasteiger partial charge in [0.1, 0.15) is 6.61 Å². The summed E-state index contributed by atoms with van der Waals surface area (Å²) >= 11 is 0. The molecule has 138 valence electrons. The van der Waals surface area contributed by atoms with Gasteiger partial charge in [-0.15, -0.1) is 0 Å². The van der Waals surface area contributed by atoms with Gasteiger partial charge in [0.05, 0.1) is 18.1 Å². The van der Waals surface area contributed by atoms with Crippen LogP contribution in [0.4, 0.5) is 10.1 Å². The van der Waals surface area contributed by atoms with E-state index in [1.807, 2.05) is 0 Å². The monoisotopic (exact) mass is 362 g/mol. The van der Waals surface area contributed by atoms with E-state index < -0.39 is 16.6 Å². The SMILES string of the molecule is CCOc1ccc(C(=O)N(C)CCOc2ccccc2F)cc1[N+](=O)[O-]. The fraction of sp³-hybridized carbons (Fsp3) is 0.278. The Kier molecular flexibility index (Phi) is 6.48. The third-order valence-electron chi connectivity index (χ3n) is 3.57. The summed E-state index contributed by atoms with van der Waals surface area (Å²) in [6.45, 7) is 2.27. The van der Waals surface area contributed by atoms with Crippen molar-refractivity contribution in [3.05, 3.63) is 64.0 Å². The molecule has 7 nitrogen and oxygen atoms in total. The molecule has 1 amide bonds. The minimum atomic E-state index is -0.594. The van der Waals surface area contributed by atoms with Crippen molar-refractivity contribution in [2.24, 2.45) is 0 Å². The number of nitro benzene ring substituents is 1. The molecule has 2 aromatic rings. The van der Waals surface area contributed by atoms with Crippen LogP contribution in [0.3, 0.4) is 0 Å². The van der Waals surface area contributed by atoms with Gasteiger partial charge in [-0.3, -0.25) is 14.9 Å². The zero-order chi connectivity index (χ0) is 19.1. The average molecular weight is 362 g/mol. The van der Waals surface area contributed by atoms with E-state index in [9.17, 15) is 19.3 Å². The molecule has 8 heteroatoms. The first-order chi connectivity index (χ1) is 12.4. The summed E-state index contributed by atoms with van der Waals surface area (Å²) in [5, 5.41) is 11.1. The number of rotatable bonds is 8. The maximum atomic E-state index is 13.5.